The highest BCUT2D eigenvalue weighted by atomic mass is 16.1. The number of anilines is 3. The van der Waals surface area contributed by atoms with Crippen LogP contribution in [0.15, 0.2) is 41.4 Å². The van der Waals surface area contributed by atoms with E-state index in [1.165, 1.54) is 0 Å². The quantitative estimate of drug-likeness (QED) is 0.287. The molecular weight excluding hydrogens is 400 g/mol. The van der Waals surface area contributed by atoms with Crippen molar-refractivity contribution in [1.29, 1.82) is 0 Å². The van der Waals surface area contributed by atoms with Crippen LogP contribution in [0.3, 0.4) is 0 Å². The van der Waals surface area contributed by atoms with Crippen molar-refractivity contribution in [3.63, 3.8) is 0 Å². The number of aromatic nitrogens is 1. The predicted molar refractivity (Wildman–Crippen MR) is 139 cm³/mol. The van der Waals surface area contributed by atoms with Crippen LogP contribution >= 0.6 is 0 Å². The molecule has 0 atom stereocenters. The van der Waals surface area contributed by atoms with E-state index in [9.17, 15) is 4.79 Å². The number of carbonyl (C=O) groups excluding carboxylic acids is 1. The minimum Gasteiger partial charge on any atom is -0.361 e. The second kappa shape index (κ2) is 15.0. The lowest BCUT2D eigenvalue weighted by atomic mass is 10.1. The highest BCUT2D eigenvalue weighted by molar-refractivity contribution is 5.94. The van der Waals surface area contributed by atoms with Crippen LogP contribution in [-0.4, -0.2) is 50.8 Å². The number of benzene rings is 1. The number of carbonyl (C=O) groups is 1. The van der Waals surface area contributed by atoms with Crippen LogP contribution in [0.4, 0.5) is 23.0 Å². The van der Waals surface area contributed by atoms with Gasteiger partial charge in [0.05, 0.1) is 6.34 Å². The van der Waals surface area contributed by atoms with Crippen LogP contribution in [-0.2, 0) is 0 Å². The van der Waals surface area contributed by atoms with Gasteiger partial charge in [-0.15, -0.1) is 0 Å². The Kier molecular flexibility index (Phi) is 12.7. The van der Waals surface area contributed by atoms with Gasteiger partial charge in [0.25, 0.3) is 0 Å². The van der Waals surface area contributed by atoms with E-state index in [0.29, 0.717) is 5.56 Å². The van der Waals surface area contributed by atoms with Crippen molar-refractivity contribution in [3.8, 4) is 0 Å². The summed E-state index contributed by atoms with van der Waals surface area (Å²) in [7, 11) is 3.95. The van der Waals surface area contributed by atoms with E-state index < -0.39 is 0 Å². The first-order chi connectivity index (χ1) is 15.4. The number of ketones is 1. The van der Waals surface area contributed by atoms with Crippen molar-refractivity contribution >= 4 is 35.1 Å². The number of nitrogens with one attached hydrogen (secondary N) is 1. The molecule has 0 unspecified atom stereocenters. The van der Waals surface area contributed by atoms with Gasteiger partial charge in [0.15, 0.2) is 11.6 Å². The smallest absolute Gasteiger partial charge is 0.159 e. The van der Waals surface area contributed by atoms with Gasteiger partial charge in [0, 0.05) is 38.4 Å². The first-order valence-electron chi connectivity index (χ1n) is 11.4. The Bertz CT molecular complexity index is 825. The third-order valence-corrected chi connectivity index (χ3v) is 4.59. The molecule has 3 N–H and O–H groups in total. The topological polar surface area (TPSA) is 86.8 Å². The lowest BCUT2D eigenvalue weighted by molar-refractivity contribution is 0.101. The molecule has 0 saturated heterocycles. The predicted octanol–water partition coefficient (Wildman–Crippen LogP) is 5.10. The van der Waals surface area contributed by atoms with Crippen molar-refractivity contribution in [2.24, 2.45) is 10.7 Å². The first kappa shape index (κ1) is 27.1. The first-order valence-corrected chi connectivity index (χ1v) is 11.4. The lowest BCUT2D eigenvalue weighted by Crippen LogP contribution is -2.26. The average Bonchev–Trinajstić information content (AvgIpc) is 2.79. The number of pyridine rings is 1. The van der Waals surface area contributed by atoms with Crippen LogP contribution in [0.25, 0.3) is 0 Å². The third-order valence-electron chi connectivity index (χ3n) is 4.59. The zero-order valence-electron chi connectivity index (χ0n) is 20.6. The Morgan fingerprint density at radius 2 is 1.62 bits per heavy atom. The molecule has 0 radical (unpaired) electrons. The summed E-state index contributed by atoms with van der Waals surface area (Å²) in [5.74, 6) is 1.88. The molecule has 0 saturated carbocycles. The number of aliphatic imine (C=N–C) groups is 1. The van der Waals surface area contributed by atoms with Crippen molar-refractivity contribution in [1.82, 2.24) is 4.98 Å². The molecular formula is C25H40N6O. The SMILES string of the molecule is CCCN.CCCN(CCC)c1ccc(N=CNc2ccc(C(C)=O)cc2)c(N(C)C)n1. The van der Waals surface area contributed by atoms with Crippen LogP contribution in [0.5, 0.6) is 0 Å². The maximum Gasteiger partial charge on any atom is 0.159 e. The Morgan fingerprint density at radius 3 is 2.09 bits per heavy atom. The van der Waals surface area contributed by atoms with Crippen LogP contribution < -0.4 is 20.9 Å². The fraction of sp³-hybridized carbons (Fsp3) is 0.480. The van der Waals surface area contributed by atoms with Gasteiger partial charge in [-0.25, -0.2) is 9.98 Å². The van der Waals surface area contributed by atoms with Crippen LogP contribution in [0.1, 0.15) is 57.3 Å². The van der Waals surface area contributed by atoms with Gasteiger partial charge in [-0.2, -0.15) is 0 Å². The average molecular weight is 441 g/mol. The molecule has 0 aliphatic heterocycles. The van der Waals surface area contributed by atoms with Crippen molar-refractivity contribution in [3.05, 3.63) is 42.0 Å². The Labute approximate surface area is 193 Å². The van der Waals surface area contributed by atoms with Gasteiger partial charge >= 0.3 is 0 Å². The summed E-state index contributed by atoms with van der Waals surface area (Å²) in [6.07, 6.45) is 4.93. The van der Waals surface area contributed by atoms with Crippen molar-refractivity contribution in [2.75, 3.05) is 48.8 Å². The van der Waals surface area contributed by atoms with E-state index in [1.54, 1.807) is 25.4 Å². The summed E-state index contributed by atoms with van der Waals surface area (Å²) >= 11 is 0. The maximum atomic E-state index is 11.4. The molecule has 0 aliphatic carbocycles. The molecule has 7 heteroatoms. The van der Waals surface area contributed by atoms with Gasteiger partial charge in [0.1, 0.15) is 11.5 Å². The summed E-state index contributed by atoms with van der Waals surface area (Å²) in [4.78, 5) is 25.0. The third kappa shape index (κ3) is 9.06. The molecule has 176 valence electrons. The second-order valence-electron chi connectivity index (χ2n) is 7.72. The second-order valence-corrected chi connectivity index (χ2v) is 7.72. The summed E-state index contributed by atoms with van der Waals surface area (Å²) in [5.41, 5.74) is 7.40. The van der Waals surface area contributed by atoms with Crippen molar-refractivity contribution in [2.45, 2.75) is 47.0 Å². The number of nitrogens with zero attached hydrogens (tertiary/aromatic N) is 4. The molecule has 0 spiro atoms. The Hall–Kier alpha value is -2.93. The number of nitrogens with two attached hydrogens (primary N) is 1. The largest absolute Gasteiger partial charge is 0.361 e. The number of Topliss-reactive ketones (excluding diaryl/α,β-unsaturated/α-hetero) is 1. The molecule has 0 aliphatic rings. The molecule has 1 heterocycles. The molecule has 0 bridgehead atoms. The van der Waals surface area contributed by atoms with Gasteiger partial charge in [0.2, 0.25) is 0 Å². The summed E-state index contributed by atoms with van der Waals surface area (Å²) in [6, 6.07) is 11.4. The minimum absolute atomic E-state index is 0.0576. The molecule has 32 heavy (non-hydrogen) atoms. The lowest BCUT2D eigenvalue weighted by Gasteiger charge is -2.24. The molecule has 2 aromatic rings. The molecule has 1 aromatic heterocycles. The van der Waals surface area contributed by atoms with Crippen LogP contribution in [0.2, 0.25) is 0 Å². The standard InChI is InChI=1S/C22H31N5O.C3H9N/c1-6-14-27(15-7-2)21-13-12-20(22(25-21)26(4)5)24-16-23-19-10-8-18(9-11-19)17(3)28;1-2-3-4/h8-13,16H,6-7,14-15H2,1-5H3,(H,23,24);2-4H2,1H3. The van der Waals surface area contributed by atoms with E-state index >= 15 is 0 Å². The monoisotopic (exact) mass is 440 g/mol. The van der Waals surface area contributed by atoms with Gasteiger partial charge < -0.3 is 20.9 Å². The Balaban J connectivity index is 0.00000118. The highest BCUT2D eigenvalue weighted by Gasteiger charge is 2.11. The number of hydrogen-bond acceptors (Lipinski definition) is 6. The molecule has 0 amide bonds. The van der Waals surface area contributed by atoms with Crippen LogP contribution in [0, 0.1) is 0 Å². The van der Waals surface area contributed by atoms with Crippen molar-refractivity contribution < 1.29 is 4.79 Å². The maximum absolute atomic E-state index is 11.4. The minimum atomic E-state index is 0.0576. The van der Waals surface area contributed by atoms with E-state index in [0.717, 1.165) is 61.9 Å². The molecule has 7 nitrogen and oxygen atoms in total. The molecule has 1 aromatic carbocycles. The van der Waals surface area contributed by atoms with E-state index in [1.807, 2.05) is 43.3 Å². The molecule has 0 fully saturated rings. The summed E-state index contributed by atoms with van der Waals surface area (Å²) in [6.45, 7) is 10.8. The van der Waals surface area contributed by atoms with E-state index in [2.05, 4.69) is 36.0 Å². The van der Waals surface area contributed by atoms with E-state index in [-0.39, 0.29) is 5.78 Å². The molecule has 2 rings (SSSR count). The number of rotatable bonds is 11. The normalized spacial score (nSPS) is 10.5. The van der Waals surface area contributed by atoms with Gasteiger partial charge in [-0.3, -0.25) is 4.79 Å². The fourth-order valence-electron chi connectivity index (χ4n) is 2.90. The summed E-state index contributed by atoms with van der Waals surface area (Å²) < 4.78 is 0. The van der Waals surface area contributed by atoms with E-state index in [4.69, 9.17) is 10.7 Å². The zero-order valence-corrected chi connectivity index (χ0v) is 20.6. The fourth-order valence-corrected chi connectivity index (χ4v) is 2.90. The highest BCUT2D eigenvalue weighted by Crippen LogP contribution is 2.28. The van der Waals surface area contributed by atoms with Gasteiger partial charge in [-0.05, 0) is 69.1 Å². The summed E-state index contributed by atoms with van der Waals surface area (Å²) in [5, 5.41) is 3.14. The Morgan fingerprint density at radius 1 is 1.03 bits per heavy atom. The number of hydrogen-bond donors (Lipinski definition) is 2. The van der Waals surface area contributed by atoms with Gasteiger partial charge in [-0.1, -0.05) is 20.8 Å². The zero-order chi connectivity index (χ0) is 23.9.